The molecule has 4 heteroatoms. The average Bonchev–Trinajstić information content (AvgIpc) is 2.80. The third-order valence-electron chi connectivity index (χ3n) is 3.84. The summed E-state index contributed by atoms with van der Waals surface area (Å²) in [6.07, 6.45) is 5.54. The maximum atomic E-state index is 12.1. The van der Waals surface area contributed by atoms with Crippen LogP contribution in [0, 0.1) is 11.8 Å². The Morgan fingerprint density at radius 3 is 2.74 bits per heavy atom. The highest BCUT2D eigenvalue weighted by molar-refractivity contribution is 5.92. The van der Waals surface area contributed by atoms with Crippen molar-refractivity contribution in [2.24, 2.45) is 11.8 Å². The van der Waals surface area contributed by atoms with Crippen molar-refractivity contribution in [3.8, 4) is 0 Å². The molecule has 2 N–H and O–H groups in total. The van der Waals surface area contributed by atoms with Crippen LogP contribution in [-0.2, 0) is 6.42 Å². The molecule has 1 heterocycles. The molecule has 1 aromatic rings. The summed E-state index contributed by atoms with van der Waals surface area (Å²) < 4.78 is 0. The van der Waals surface area contributed by atoms with E-state index in [-0.39, 0.29) is 5.91 Å². The third kappa shape index (κ3) is 4.08. The molecule has 1 saturated carbocycles. The maximum absolute atomic E-state index is 12.1. The van der Waals surface area contributed by atoms with Gasteiger partial charge < -0.3 is 5.32 Å². The van der Waals surface area contributed by atoms with E-state index in [9.17, 15) is 4.79 Å². The summed E-state index contributed by atoms with van der Waals surface area (Å²) in [5.41, 5.74) is 1.56. The second kappa shape index (κ2) is 6.22. The molecule has 1 aromatic heterocycles. The zero-order valence-corrected chi connectivity index (χ0v) is 12.2. The Morgan fingerprint density at radius 2 is 2.11 bits per heavy atom. The first-order valence-corrected chi connectivity index (χ1v) is 7.39. The monoisotopic (exact) mass is 263 g/mol. The molecule has 0 unspecified atom stereocenters. The van der Waals surface area contributed by atoms with Gasteiger partial charge >= 0.3 is 0 Å². The van der Waals surface area contributed by atoms with Crippen LogP contribution >= 0.6 is 0 Å². The topological polar surface area (TPSA) is 57.8 Å². The van der Waals surface area contributed by atoms with Gasteiger partial charge in [-0.1, -0.05) is 20.8 Å². The summed E-state index contributed by atoms with van der Waals surface area (Å²) in [6, 6.07) is 2.20. The van der Waals surface area contributed by atoms with E-state index in [0.29, 0.717) is 17.7 Å². The molecular formula is C15H25N3O. The van der Waals surface area contributed by atoms with Crippen molar-refractivity contribution in [1.82, 2.24) is 15.5 Å². The fourth-order valence-corrected chi connectivity index (χ4v) is 2.69. The molecule has 19 heavy (non-hydrogen) atoms. The lowest BCUT2D eigenvalue weighted by Gasteiger charge is -2.26. The van der Waals surface area contributed by atoms with E-state index in [1.807, 2.05) is 6.07 Å². The van der Waals surface area contributed by atoms with Crippen molar-refractivity contribution in [1.29, 1.82) is 0 Å². The molecule has 4 nitrogen and oxygen atoms in total. The lowest BCUT2D eigenvalue weighted by molar-refractivity contribution is 0.0918. The fourth-order valence-electron chi connectivity index (χ4n) is 2.69. The second-order valence-corrected chi connectivity index (χ2v) is 6.31. The molecule has 2 rings (SSSR count). The number of nitrogens with one attached hydrogen (secondary N) is 2. The summed E-state index contributed by atoms with van der Waals surface area (Å²) in [7, 11) is 0. The number of aromatic nitrogens is 2. The number of aromatic amines is 1. The van der Waals surface area contributed by atoms with E-state index >= 15 is 0 Å². The normalized spacial score (nSPS) is 23.6. The maximum Gasteiger partial charge on any atom is 0.271 e. The number of nitrogens with zero attached hydrogens (tertiary/aromatic N) is 1. The van der Waals surface area contributed by atoms with Crippen LogP contribution in [0.4, 0.5) is 0 Å². The molecule has 0 aromatic carbocycles. The Morgan fingerprint density at radius 1 is 1.42 bits per heavy atom. The predicted molar refractivity (Wildman–Crippen MR) is 76.0 cm³/mol. The third-order valence-corrected chi connectivity index (χ3v) is 3.84. The quantitative estimate of drug-likeness (QED) is 0.877. The number of amides is 1. The summed E-state index contributed by atoms with van der Waals surface area (Å²) in [6.45, 7) is 6.59. The molecule has 1 fully saturated rings. The summed E-state index contributed by atoms with van der Waals surface area (Å²) in [5, 5.41) is 10.2. The van der Waals surface area contributed by atoms with E-state index in [0.717, 1.165) is 30.9 Å². The van der Waals surface area contributed by atoms with Crippen molar-refractivity contribution in [3.05, 3.63) is 17.5 Å². The van der Waals surface area contributed by atoms with Crippen LogP contribution in [0.15, 0.2) is 6.07 Å². The zero-order valence-electron chi connectivity index (χ0n) is 12.2. The van der Waals surface area contributed by atoms with Crippen LogP contribution in [0.25, 0.3) is 0 Å². The number of hydrogen-bond acceptors (Lipinski definition) is 2. The molecule has 0 aliphatic heterocycles. The summed E-state index contributed by atoms with van der Waals surface area (Å²) in [5.74, 6) is 1.33. The van der Waals surface area contributed by atoms with Gasteiger partial charge in [0, 0.05) is 11.7 Å². The number of carbonyl (C=O) groups is 1. The molecule has 0 atom stereocenters. The van der Waals surface area contributed by atoms with Crippen LogP contribution in [0.2, 0.25) is 0 Å². The summed E-state index contributed by atoms with van der Waals surface area (Å²) in [4.78, 5) is 12.1. The van der Waals surface area contributed by atoms with E-state index in [2.05, 4.69) is 36.3 Å². The minimum Gasteiger partial charge on any atom is -0.348 e. The van der Waals surface area contributed by atoms with Crippen LogP contribution in [0.3, 0.4) is 0 Å². The molecule has 1 aliphatic rings. The Balaban J connectivity index is 1.87. The molecule has 106 valence electrons. The zero-order chi connectivity index (χ0) is 13.8. The van der Waals surface area contributed by atoms with E-state index in [1.165, 1.54) is 12.8 Å². The largest absolute Gasteiger partial charge is 0.348 e. The standard InChI is InChI=1S/C15H25N3O/c1-10(2)8-13-9-14(18-17-13)15(19)16-12-6-4-11(3)5-7-12/h9-12H,4-8H2,1-3H3,(H,16,19)(H,17,18). The van der Waals surface area contributed by atoms with Crippen LogP contribution in [0.5, 0.6) is 0 Å². The van der Waals surface area contributed by atoms with E-state index in [4.69, 9.17) is 0 Å². The lowest BCUT2D eigenvalue weighted by Crippen LogP contribution is -2.37. The molecule has 1 aliphatic carbocycles. The van der Waals surface area contributed by atoms with Crippen molar-refractivity contribution in [2.45, 2.75) is 58.9 Å². The van der Waals surface area contributed by atoms with Crippen molar-refractivity contribution in [2.75, 3.05) is 0 Å². The number of rotatable bonds is 4. The van der Waals surface area contributed by atoms with Crippen molar-refractivity contribution < 1.29 is 4.79 Å². The van der Waals surface area contributed by atoms with Gasteiger partial charge in [0.15, 0.2) is 0 Å². The van der Waals surface area contributed by atoms with Gasteiger partial charge in [-0.25, -0.2) is 0 Å². The first-order chi connectivity index (χ1) is 9.04. The Bertz CT molecular complexity index is 417. The highest BCUT2D eigenvalue weighted by atomic mass is 16.2. The Kier molecular flexibility index (Phi) is 4.61. The van der Waals surface area contributed by atoms with E-state index < -0.39 is 0 Å². The van der Waals surface area contributed by atoms with Gasteiger partial charge in [-0.05, 0) is 50.0 Å². The molecule has 1 amide bonds. The average molecular weight is 263 g/mol. The minimum absolute atomic E-state index is 0.0363. The van der Waals surface area contributed by atoms with Gasteiger partial charge in [0.2, 0.25) is 0 Å². The minimum atomic E-state index is -0.0363. The Labute approximate surface area is 115 Å². The molecular weight excluding hydrogens is 238 g/mol. The van der Waals surface area contributed by atoms with Gasteiger partial charge in [-0.15, -0.1) is 0 Å². The fraction of sp³-hybridized carbons (Fsp3) is 0.733. The molecule has 0 saturated heterocycles. The van der Waals surface area contributed by atoms with E-state index in [1.54, 1.807) is 0 Å². The number of hydrogen-bond donors (Lipinski definition) is 2. The second-order valence-electron chi connectivity index (χ2n) is 6.31. The smallest absolute Gasteiger partial charge is 0.271 e. The van der Waals surface area contributed by atoms with Crippen molar-refractivity contribution in [3.63, 3.8) is 0 Å². The molecule has 0 radical (unpaired) electrons. The van der Waals surface area contributed by atoms with Gasteiger partial charge in [0.05, 0.1) is 0 Å². The molecule has 0 spiro atoms. The van der Waals surface area contributed by atoms with Crippen LogP contribution in [0.1, 0.15) is 62.6 Å². The lowest BCUT2D eigenvalue weighted by atomic mass is 9.87. The predicted octanol–water partition coefficient (Wildman–Crippen LogP) is 2.92. The highest BCUT2D eigenvalue weighted by Crippen LogP contribution is 2.23. The van der Waals surface area contributed by atoms with Gasteiger partial charge in [0.1, 0.15) is 5.69 Å². The van der Waals surface area contributed by atoms with Gasteiger partial charge in [-0.3, -0.25) is 9.89 Å². The SMILES string of the molecule is CC(C)Cc1cc(C(=O)NC2CCC(C)CC2)n[nH]1. The molecule has 0 bridgehead atoms. The van der Waals surface area contributed by atoms with Crippen LogP contribution in [-0.4, -0.2) is 22.1 Å². The van der Waals surface area contributed by atoms with Crippen LogP contribution < -0.4 is 5.32 Å². The van der Waals surface area contributed by atoms with Gasteiger partial charge in [-0.2, -0.15) is 5.10 Å². The van der Waals surface area contributed by atoms with Crippen molar-refractivity contribution >= 4 is 5.91 Å². The first-order valence-electron chi connectivity index (χ1n) is 7.39. The Hall–Kier alpha value is -1.32. The first kappa shape index (κ1) is 14.1. The number of H-pyrrole nitrogens is 1. The highest BCUT2D eigenvalue weighted by Gasteiger charge is 2.21. The van der Waals surface area contributed by atoms with Gasteiger partial charge in [0.25, 0.3) is 5.91 Å². The summed E-state index contributed by atoms with van der Waals surface area (Å²) >= 11 is 0. The number of carbonyl (C=O) groups excluding carboxylic acids is 1.